The number of ether oxygens (including phenoxy) is 1. The van der Waals surface area contributed by atoms with Crippen LogP contribution in [-0.4, -0.2) is 18.9 Å². The molecule has 2 aromatic heterocycles. The lowest BCUT2D eigenvalue weighted by molar-refractivity contribution is 0.0995. The van der Waals surface area contributed by atoms with E-state index in [9.17, 15) is 9.59 Å². The predicted octanol–water partition coefficient (Wildman–Crippen LogP) is 4.51. The number of carbonyl (C=O) groups excluding carboxylic acids is 2. The lowest BCUT2D eigenvalue weighted by atomic mass is 10.3. The van der Waals surface area contributed by atoms with E-state index in [1.165, 1.54) is 13.4 Å². The van der Waals surface area contributed by atoms with Gasteiger partial charge in [-0.25, -0.2) is 0 Å². The van der Waals surface area contributed by atoms with E-state index in [1.54, 1.807) is 42.5 Å². The van der Waals surface area contributed by atoms with E-state index in [2.05, 4.69) is 10.6 Å². The molecule has 3 aromatic rings. The molecule has 0 atom stereocenters. The van der Waals surface area contributed by atoms with Gasteiger partial charge < -0.3 is 19.8 Å². The number of anilines is 2. The Bertz CT molecular complexity index is 905. The quantitative estimate of drug-likeness (QED) is 0.686. The van der Waals surface area contributed by atoms with Crippen molar-refractivity contribution in [3.05, 3.63) is 64.4 Å². The van der Waals surface area contributed by atoms with Gasteiger partial charge in [-0.3, -0.25) is 9.59 Å². The van der Waals surface area contributed by atoms with E-state index in [0.717, 1.165) is 11.3 Å². The molecule has 0 aliphatic rings. The number of carbonyl (C=O) groups is 2. The minimum Gasteiger partial charge on any atom is -0.495 e. The van der Waals surface area contributed by atoms with Crippen LogP contribution in [0, 0.1) is 0 Å². The van der Waals surface area contributed by atoms with E-state index in [0.29, 0.717) is 26.3 Å². The number of amides is 2. The van der Waals surface area contributed by atoms with Crippen molar-refractivity contribution in [2.24, 2.45) is 0 Å². The molecule has 0 radical (unpaired) electrons. The van der Waals surface area contributed by atoms with Gasteiger partial charge in [0, 0.05) is 5.69 Å². The number of methoxy groups -OCH3 is 1. The number of thiophene rings is 1. The zero-order valence-electron chi connectivity index (χ0n) is 13.0. The Morgan fingerprint density at radius 1 is 1.12 bits per heavy atom. The molecule has 0 aliphatic carbocycles. The summed E-state index contributed by atoms with van der Waals surface area (Å²) < 4.78 is 10.1. The van der Waals surface area contributed by atoms with Crippen molar-refractivity contribution in [1.29, 1.82) is 0 Å². The van der Waals surface area contributed by atoms with E-state index in [-0.39, 0.29) is 17.6 Å². The third-order valence-electron chi connectivity index (χ3n) is 3.22. The van der Waals surface area contributed by atoms with Crippen LogP contribution >= 0.6 is 22.9 Å². The molecule has 2 amide bonds. The standard InChI is InChI=1S/C17H13ClN2O4S/c1-23-12-5-4-10(9-11(12)18)19-17(22)14-6-7-15(25-14)20-16(21)13-3-2-8-24-13/h2-9H,1H3,(H,19,22)(H,20,21). The van der Waals surface area contributed by atoms with Crippen LogP contribution in [0.1, 0.15) is 20.2 Å². The van der Waals surface area contributed by atoms with Gasteiger partial charge >= 0.3 is 0 Å². The first-order chi connectivity index (χ1) is 12.1. The Morgan fingerprint density at radius 3 is 2.64 bits per heavy atom. The minimum absolute atomic E-state index is 0.201. The summed E-state index contributed by atoms with van der Waals surface area (Å²) in [5.41, 5.74) is 0.547. The molecule has 0 aliphatic heterocycles. The third kappa shape index (κ3) is 4.01. The summed E-state index contributed by atoms with van der Waals surface area (Å²) in [5, 5.41) is 6.36. The zero-order valence-corrected chi connectivity index (χ0v) is 14.6. The second-order valence-electron chi connectivity index (χ2n) is 4.90. The second kappa shape index (κ2) is 7.42. The van der Waals surface area contributed by atoms with Crippen LogP contribution in [0.5, 0.6) is 5.75 Å². The molecule has 3 rings (SSSR count). The molecule has 128 valence electrons. The van der Waals surface area contributed by atoms with Gasteiger partial charge in [-0.1, -0.05) is 11.6 Å². The number of hydrogen-bond acceptors (Lipinski definition) is 5. The molecule has 0 bridgehead atoms. The molecule has 8 heteroatoms. The third-order valence-corrected chi connectivity index (χ3v) is 4.52. The lowest BCUT2D eigenvalue weighted by Crippen LogP contribution is -2.10. The molecule has 2 N–H and O–H groups in total. The van der Waals surface area contributed by atoms with Gasteiger partial charge in [-0.2, -0.15) is 0 Å². The molecular formula is C17H13ClN2O4S. The first kappa shape index (κ1) is 17.1. The number of benzene rings is 1. The highest BCUT2D eigenvalue weighted by molar-refractivity contribution is 7.18. The predicted molar refractivity (Wildman–Crippen MR) is 96.9 cm³/mol. The Labute approximate surface area is 152 Å². The fraction of sp³-hybridized carbons (Fsp3) is 0.0588. The van der Waals surface area contributed by atoms with Gasteiger partial charge in [0.2, 0.25) is 0 Å². The van der Waals surface area contributed by atoms with Crippen LogP contribution in [-0.2, 0) is 0 Å². The highest BCUT2D eigenvalue weighted by Gasteiger charge is 2.14. The molecule has 0 saturated carbocycles. The normalized spacial score (nSPS) is 10.3. The molecule has 25 heavy (non-hydrogen) atoms. The molecule has 6 nitrogen and oxygen atoms in total. The average Bonchev–Trinajstić information content (AvgIpc) is 3.27. The van der Waals surface area contributed by atoms with Gasteiger partial charge in [-0.05, 0) is 42.5 Å². The summed E-state index contributed by atoms with van der Waals surface area (Å²) in [6, 6.07) is 11.4. The van der Waals surface area contributed by atoms with Gasteiger partial charge in [-0.15, -0.1) is 11.3 Å². The van der Waals surface area contributed by atoms with Crippen molar-refractivity contribution in [1.82, 2.24) is 0 Å². The second-order valence-corrected chi connectivity index (χ2v) is 6.39. The highest BCUT2D eigenvalue weighted by Crippen LogP contribution is 2.28. The monoisotopic (exact) mass is 376 g/mol. The van der Waals surface area contributed by atoms with E-state index < -0.39 is 0 Å². The Kier molecular flexibility index (Phi) is 5.06. The number of rotatable bonds is 5. The van der Waals surface area contributed by atoms with Crippen LogP contribution in [0.25, 0.3) is 0 Å². The number of halogens is 1. The summed E-state index contributed by atoms with van der Waals surface area (Å²) in [7, 11) is 1.52. The fourth-order valence-electron chi connectivity index (χ4n) is 2.05. The molecule has 1 aromatic carbocycles. The lowest BCUT2D eigenvalue weighted by Gasteiger charge is -2.07. The summed E-state index contributed by atoms with van der Waals surface area (Å²) in [6.07, 6.45) is 1.42. The van der Waals surface area contributed by atoms with Gasteiger partial charge in [0.05, 0.1) is 28.3 Å². The van der Waals surface area contributed by atoms with E-state index in [4.69, 9.17) is 20.8 Å². The first-order valence-corrected chi connectivity index (χ1v) is 8.36. The van der Waals surface area contributed by atoms with Crippen LogP contribution in [0.3, 0.4) is 0 Å². The molecule has 0 spiro atoms. The summed E-state index contributed by atoms with van der Waals surface area (Å²) in [5.74, 6) is 0.0523. The van der Waals surface area contributed by atoms with Crippen LogP contribution in [0.2, 0.25) is 5.02 Å². The number of hydrogen-bond donors (Lipinski definition) is 2. The molecule has 0 unspecified atom stereocenters. The van der Waals surface area contributed by atoms with Gasteiger partial charge in [0.15, 0.2) is 5.76 Å². The summed E-state index contributed by atoms with van der Waals surface area (Å²) in [6.45, 7) is 0. The van der Waals surface area contributed by atoms with Gasteiger partial charge in [0.25, 0.3) is 11.8 Å². The highest BCUT2D eigenvalue weighted by atomic mass is 35.5. The van der Waals surface area contributed by atoms with Crippen LogP contribution in [0.15, 0.2) is 53.1 Å². The van der Waals surface area contributed by atoms with Crippen molar-refractivity contribution in [3.8, 4) is 5.75 Å². The SMILES string of the molecule is COc1ccc(NC(=O)c2ccc(NC(=O)c3ccco3)s2)cc1Cl. The Balaban J connectivity index is 1.66. The average molecular weight is 377 g/mol. The van der Waals surface area contributed by atoms with Gasteiger partial charge in [0.1, 0.15) is 5.75 Å². The first-order valence-electron chi connectivity index (χ1n) is 7.16. The maximum Gasteiger partial charge on any atom is 0.291 e. The maximum absolute atomic E-state index is 12.3. The van der Waals surface area contributed by atoms with E-state index >= 15 is 0 Å². The Hall–Kier alpha value is -2.77. The maximum atomic E-state index is 12.3. The van der Waals surface area contributed by atoms with Crippen LogP contribution in [0.4, 0.5) is 10.7 Å². The summed E-state index contributed by atoms with van der Waals surface area (Å²) in [4.78, 5) is 24.7. The topological polar surface area (TPSA) is 80.6 Å². The van der Waals surface area contributed by atoms with Crippen molar-refractivity contribution < 1.29 is 18.7 Å². The number of nitrogens with one attached hydrogen (secondary N) is 2. The van der Waals surface area contributed by atoms with Crippen molar-refractivity contribution in [3.63, 3.8) is 0 Å². The molecule has 0 fully saturated rings. The number of furan rings is 1. The largest absolute Gasteiger partial charge is 0.495 e. The Morgan fingerprint density at radius 2 is 1.96 bits per heavy atom. The summed E-state index contributed by atoms with van der Waals surface area (Å²) >= 11 is 7.19. The molecule has 0 saturated heterocycles. The fourth-order valence-corrected chi connectivity index (χ4v) is 3.10. The van der Waals surface area contributed by atoms with Crippen LogP contribution < -0.4 is 15.4 Å². The smallest absolute Gasteiger partial charge is 0.291 e. The molecular weight excluding hydrogens is 364 g/mol. The van der Waals surface area contributed by atoms with Crippen molar-refractivity contribution >= 4 is 45.4 Å². The zero-order chi connectivity index (χ0) is 17.8. The van der Waals surface area contributed by atoms with Crippen molar-refractivity contribution in [2.45, 2.75) is 0 Å². The van der Waals surface area contributed by atoms with E-state index in [1.807, 2.05) is 0 Å². The van der Waals surface area contributed by atoms with Crippen molar-refractivity contribution in [2.75, 3.05) is 17.7 Å². The minimum atomic E-state index is -0.374. The molecule has 2 heterocycles.